The number of para-hydroxylation sites is 1. The van der Waals surface area contributed by atoms with E-state index < -0.39 is 34.1 Å². The molecule has 0 saturated carbocycles. The first kappa shape index (κ1) is 27.4. The van der Waals surface area contributed by atoms with E-state index in [4.69, 9.17) is 9.47 Å². The molecule has 1 heterocycles. The quantitative estimate of drug-likeness (QED) is 0.162. The van der Waals surface area contributed by atoms with Crippen LogP contribution in [0.3, 0.4) is 0 Å². The third kappa shape index (κ3) is 6.94. The number of hydrogen-bond acceptors (Lipinski definition) is 9. The molecule has 12 heteroatoms. The van der Waals surface area contributed by atoms with Crippen molar-refractivity contribution >= 4 is 40.3 Å². The first-order chi connectivity index (χ1) is 17.6. The fraction of sp³-hybridized carbons (Fsp3) is 0.280. The normalized spacial score (nSPS) is 16.3. The summed E-state index contributed by atoms with van der Waals surface area (Å²) in [7, 11) is 0. The number of nitrogens with one attached hydrogen (secondary N) is 1. The van der Waals surface area contributed by atoms with Gasteiger partial charge in [-0.05, 0) is 49.2 Å². The minimum Gasteiger partial charge on any atom is -0.484 e. The van der Waals surface area contributed by atoms with Crippen LogP contribution in [-0.4, -0.2) is 50.7 Å². The molecule has 2 amide bonds. The smallest absolute Gasteiger partial charge is 0.355 e. The Morgan fingerprint density at radius 1 is 1.05 bits per heavy atom. The highest BCUT2D eigenvalue weighted by atomic mass is 32.2. The van der Waals surface area contributed by atoms with Gasteiger partial charge >= 0.3 is 5.97 Å². The number of ether oxygens (including phenoxy) is 2. The standard InChI is InChI=1S/C25H25N3O8S/c1-15(2)22(25(32)36-13-17-9-11-18(12-10-17)28(33)34)27-23(31)21(24(27)37-16(3)29)26-20(30)14-35-19-7-5-4-6-8-19/h4-12,21,24H,13-14H2,1-3H3,(H,26,30)/t21-,24-/m1/s1. The largest absolute Gasteiger partial charge is 0.484 e. The van der Waals surface area contributed by atoms with Gasteiger partial charge in [-0.1, -0.05) is 30.0 Å². The first-order valence-electron chi connectivity index (χ1n) is 11.1. The highest BCUT2D eigenvalue weighted by Gasteiger charge is 2.52. The number of β-lactam (4-membered cyclic amide) rings is 1. The zero-order valence-electron chi connectivity index (χ0n) is 20.3. The van der Waals surface area contributed by atoms with Gasteiger partial charge in [-0.15, -0.1) is 0 Å². The van der Waals surface area contributed by atoms with E-state index in [0.717, 1.165) is 16.7 Å². The van der Waals surface area contributed by atoms with Crippen molar-refractivity contribution in [3.8, 4) is 5.75 Å². The summed E-state index contributed by atoms with van der Waals surface area (Å²) in [5, 5.41) is 12.2. The number of amides is 2. The van der Waals surface area contributed by atoms with Crippen molar-refractivity contribution < 1.29 is 33.6 Å². The monoisotopic (exact) mass is 527 g/mol. The number of thioether (sulfide) groups is 1. The maximum absolute atomic E-state index is 13.0. The summed E-state index contributed by atoms with van der Waals surface area (Å²) in [6, 6.07) is 13.1. The number of carbonyl (C=O) groups is 4. The molecule has 194 valence electrons. The molecule has 1 saturated heterocycles. The fourth-order valence-corrected chi connectivity index (χ4v) is 4.46. The van der Waals surface area contributed by atoms with Gasteiger partial charge in [0.25, 0.3) is 17.5 Å². The van der Waals surface area contributed by atoms with Crippen molar-refractivity contribution in [2.45, 2.75) is 38.8 Å². The molecule has 1 N–H and O–H groups in total. The highest BCUT2D eigenvalue weighted by molar-refractivity contribution is 8.14. The number of likely N-dealkylation sites (tertiary alicyclic amines) is 1. The fourth-order valence-electron chi connectivity index (χ4n) is 3.48. The minimum atomic E-state index is -1.04. The van der Waals surface area contributed by atoms with E-state index in [1.165, 1.54) is 31.2 Å². The lowest BCUT2D eigenvalue weighted by Gasteiger charge is -2.46. The molecule has 2 aromatic rings. The van der Waals surface area contributed by atoms with Crippen LogP contribution in [0.2, 0.25) is 0 Å². The van der Waals surface area contributed by atoms with Crippen molar-refractivity contribution in [1.29, 1.82) is 0 Å². The second kappa shape index (κ2) is 12.2. The van der Waals surface area contributed by atoms with Gasteiger partial charge in [0, 0.05) is 19.1 Å². The molecule has 2 aromatic carbocycles. The zero-order chi connectivity index (χ0) is 27.1. The van der Waals surface area contributed by atoms with Crippen LogP contribution in [0.4, 0.5) is 5.69 Å². The van der Waals surface area contributed by atoms with Crippen LogP contribution in [0.25, 0.3) is 0 Å². The highest BCUT2D eigenvalue weighted by Crippen LogP contribution is 2.35. The number of rotatable bonds is 10. The average Bonchev–Trinajstić information content (AvgIpc) is 2.87. The van der Waals surface area contributed by atoms with E-state index in [1.54, 1.807) is 44.2 Å². The van der Waals surface area contributed by atoms with Crippen LogP contribution >= 0.6 is 11.8 Å². The van der Waals surface area contributed by atoms with Crippen LogP contribution in [0.5, 0.6) is 5.75 Å². The Labute approximate surface area is 216 Å². The summed E-state index contributed by atoms with van der Waals surface area (Å²) in [5.74, 6) is -1.46. The van der Waals surface area contributed by atoms with Crippen LogP contribution in [0.1, 0.15) is 26.3 Å². The van der Waals surface area contributed by atoms with E-state index in [9.17, 15) is 29.3 Å². The van der Waals surface area contributed by atoms with Crippen LogP contribution < -0.4 is 10.1 Å². The van der Waals surface area contributed by atoms with E-state index >= 15 is 0 Å². The lowest BCUT2D eigenvalue weighted by Crippen LogP contribution is -2.70. The number of nitro groups is 1. The predicted molar refractivity (Wildman–Crippen MR) is 134 cm³/mol. The summed E-state index contributed by atoms with van der Waals surface area (Å²) in [5.41, 5.74) is 0.836. The molecule has 1 fully saturated rings. The van der Waals surface area contributed by atoms with Crippen LogP contribution in [0, 0.1) is 10.1 Å². The number of carbonyl (C=O) groups excluding carboxylic acids is 4. The van der Waals surface area contributed by atoms with Crippen molar-refractivity contribution in [3.63, 3.8) is 0 Å². The van der Waals surface area contributed by atoms with Gasteiger partial charge in [-0.25, -0.2) is 4.79 Å². The van der Waals surface area contributed by atoms with E-state index in [-0.39, 0.29) is 29.7 Å². The number of hydrogen-bond donors (Lipinski definition) is 1. The van der Waals surface area contributed by atoms with Gasteiger partial charge in [0.2, 0.25) is 0 Å². The lowest BCUT2D eigenvalue weighted by atomic mass is 10.0. The third-order valence-electron chi connectivity index (χ3n) is 5.18. The van der Waals surface area contributed by atoms with Crippen LogP contribution in [0.15, 0.2) is 65.9 Å². The molecule has 0 unspecified atom stereocenters. The Morgan fingerprint density at radius 3 is 2.27 bits per heavy atom. The molecule has 0 radical (unpaired) electrons. The lowest BCUT2D eigenvalue weighted by molar-refractivity contribution is -0.384. The molecule has 0 aliphatic carbocycles. The molecule has 1 aliphatic rings. The summed E-state index contributed by atoms with van der Waals surface area (Å²) in [6.07, 6.45) is 0. The Balaban J connectivity index is 1.68. The van der Waals surface area contributed by atoms with Gasteiger partial charge in [0.1, 0.15) is 29.5 Å². The molecule has 37 heavy (non-hydrogen) atoms. The Morgan fingerprint density at radius 2 is 1.70 bits per heavy atom. The second-order valence-corrected chi connectivity index (χ2v) is 9.50. The molecule has 3 rings (SSSR count). The maximum atomic E-state index is 13.0. The van der Waals surface area contributed by atoms with Crippen molar-refractivity contribution in [3.05, 3.63) is 81.5 Å². The number of allylic oxidation sites excluding steroid dienone is 1. The van der Waals surface area contributed by atoms with Gasteiger partial charge in [0.05, 0.1) is 4.92 Å². The van der Waals surface area contributed by atoms with Gasteiger partial charge in [-0.3, -0.25) is 29.4 Å². The second-order valence-electron chi connectivity index (χ2n) is 8.20. The van der Waals surface area contributed by atoms with Crippen LogP contribution in [-0.2, 0) is 30.5 Å². The summed E-state index contributed by atoms with van der Waals surface area (Å²) >= 11 is 0.804. The summed E-state index contributed by atoms with van der Waals surface area (Å²) in [4.78, 5) is 61.7. The van der Waals surface area contributed by atoms with Gasteiger partial charge < -0.3 is 14.8 Å². The molecular weight excluding hydrogens is 502 g/mol. The zero-order valence-corrected chi connectivity index (χ0v) is 21.2. The number of non-ortho nitro benzene ring substituents is 1. The average molecular weight is 528 g/mol. The van der Waals surface area contributed by atoms with Gasteiger partial charge in [0.15, 0.2) is 11.7 Å². The van der Waals surface area contributed by atoms with Crippen molar-refractivity contribution in [2.75, 3.05) is 6.61 Å². The molecule has 0 bridgehead atoms. The van der Waals surface area contributed by atoms with E-state index in [1.807, 2.05) is 0 Å². The van der Waals surface area contributed by atoms with E-state index in [2.05, 4.69) is 5.32 Å². The molecule has 2 atom stereocenters. The predicted octanol–water partition coefficient (Wildman–Crippen LogP) is 2.94. The first-order valence-corrected chi connectivity index (χ1v) is 12.0. The number of benzene rings is 2. The van der Waals surface area contributed by atoms with E-state index in [0.29, 0.717) is 16.9 Å². The SMILES string of the molecule is CC(=O)S[C@@H]1[C@H](NC(=O)COc2ccccc2)C(=O)N1C(C(=O)OCc1ccc([N+](=O)[O-])cc1)=C(C)C. The maximum Gasteiger partial charge on any atom is 0.355 e. The number of esters is 1. The van der Waals surface area contributed by atoms with Gasteiger partial charge in [-0.2, -0.15) is 0 Å². The third-order valence-corrected chi connectivity index (χ3v) is 6.24. The number of nitro benzene ring substituents is 1. The Bertz CT molecular complexity index is 1230. The Kier molecular flexibility index (Phi) is 9.01. The topological polar surface area (TPSA) is 145 Å². The summed E-state index contributed by atoms with van der Waals surface area (Å²) < 4.78 is 10.8. The van der Waals surface area contributed by atoms with Crippen molar-refractivity contribution in [1.82, 2.24) is 10.2 Å². The molecule has 0 aromatic heterocycles. The number of nitrogens with zero attached hydrogens (tertiary/aromatic N) is 2. The van der Waals surface area contributed by atoms with Crippen molar-refractivity contribution in [2.24, 2.45) is 0 Å². The molecule has 11 nitrogen and oxygen atoms in total. The Hall–Kier alpha value is -4.19. The summed E-state index contributed by atoms with van der Waals surface area (Å²) in [6.45, 7) is 4.03. The minimum absolute atomic E-state index is 0.0447. The molecule has 1 aliphatic heterocycles. The molecule has 0 spiro atoms. The molecular formula is C25H25N3O8S.